The van der Waals surface area contributed by atoms with Crippen LogP contribution in [0.1, 0.15) is 13.8 Å². The number of hydrogen-bond acceptors (Lipinski definition) is 6. The summed E-state index contributed by atoms with van der Waals surface area (Å²) >= 11 is -0.182. The molecule has 5 heterocycles. The number of halogens is 1. The van der Waals surface area contributed by atoms with Gasteiger partial charge in [0.25, 0.3) is 0 Å². The number of hydrogen-bond donors (Lipinski definition) is 1. The third-order valence-corrected chi connectivity index (χ3v) is 8.56. The Hall–Kier alpha value is -3.37. The van der Waals surface area contributed by atoms with Crippen molar-refractivity contribution in [1.82, 2.24) is 29.9 Å². The van der Waals surface area contributed by atoms with Gasteiger partial charge in [-0.25, -0.2) is 4.98 Å². The second kappa shape index (κ2) is 9.59. The molecule has 0 amide bonds. The molecule has 0 radical (unpaired) electrons. The third kappa shape index (κ3) is 4.14. The molecule has 182 valence electrons. The first-order valence-corrected chi connectivity index (χ1v) is 14.4. The summed E-state index contributed by atoms with van der Waals surface area (Å²) in [7, 11) is 0. The van der Waals surface area contributed by atoms with Gasteiger partial charge in [0, 0.05) is 25.2 Å². The minimum atomic E-state index is -0.182. The number of piperazine rings is 1. The van der Waals surface area contributed by atoms with Crippen molar-refractivity contribution in [3.8, 4) is 22.3 Å². The zero-order valence-corrected chi connectivity index (χ0v) is 22.4. The van der Waals surface area contributed by atoms with Gasteiger partial charge < -0.3 is 10.2 Å². The molecule has 0 unspecified atom stereocenters. The van der Waals surface area contributed by atoms with E-state index in [1.807, 2.05) is 45.6 Å². The zero-order valence-electron chi connectivity index (χ0n) is 20.3. The Morgan fingerprint density at radius 3 is 2.56 bits per heavy atom. The van der Waals surface area contributed by atoms with E-state index in [2.05, 4.69) is 71.1 Å². The second-order valence-corrected chi connectivity index (χ2v) is 11.9. The molecular formula is C28H27IN7-. The Labute approximate surface area is 220 Å². The van der Waals surface area contributed by atoms with Crippen LogP contribution in [-0.2, 0) is 0 Å². The topological polar surface area (TPSA) is 71.2 Å². The van der Waals surface area contributed by atoms with Crippen molar-refractivity contribution in [2.75, 3.05) is 18.0 Å². The van der Waals surface area contributed by atoms with Crippen LogP contribution in [0.25, 0.3) is 38.8 Å². The van der Waals surface area contributed by atoms with Crippen LogP contribution in [0.3, 0.4) is 0 Å². The van der Waals surface area contributed by atoms with Crippen molar-refractivity contribution in [1.29, 1.82) is 0 Å². The van der Waals surface area contributed by atoms with Crippen molar-refractivity contribution < 1.29 is 21.2 Å². The van der Waals surface area contributed by atoms with Crippen LogP contribution in [-0.4, -0.2) is 49.7 Å². The summed E-state index contributed by atoms with van der Waals surface area (Å²) in [6.45, 7) is 10.3. The van der Waals surface area contributed by atoms with Crippen molar-refractivity contribution in [3.05, 3.63) is 81.6 Å². The summed E-state index contributed by atoms with van der Waals surface area (Å²) in [6.07, 6.45) is 9.61. The Morgan fingerprint density at radius 2 is 1.78 bits per heavy atom. The molecular weight excluding hydrogens is 561 g/mol. The second-order valence-electron chi connectivity index (χ2n) is 9.12. The molecule has 5 aromatic rings. The van der Waals surface area contributed by atoms with Crippen LogP contribution >= 0.6 is 0 Å². The Balaban J connectivity index is 1.33. The Bertz CT molecular complexity index is 1550. The fraction of sp³-hybridized carbons (Fsp3) is 0.214. The van der Waals surface area contributed by atoms with E-state index in [1.54, 1.807) is 0 Å². The summed E-state index contributed by atoms with van der Waals surface area (Å²) in [5.41, 5.74) is 5.89. The molecule has 1 saturated heterocycles. The van der Waals surface area contributed by atoms with E-state index in [0.717, 1.165) is 57.7 Å². The van der Waals surface area contributed by atoms with Crippen LogP contribution < -0.4 is 31.4 Å². The first-order valence-electron chi connectivity index (χ1n) is 12.0. The molecule has 1 aliphatic heterocycles. The van der Waals surface area contributed by atoms with Crippen molar-refractivity contribution in [3.63, 3.8) is 0 Å². The normalized spacial score (nSPS) is 18.2. The fourth-order valence-electron chi connectivity index (χ4n) is 5.02. The number of nitrogens with one attached hydrogen (secondary N) is 1. The molecule has 0 aliphatic carbocycles. The van der Waals surface area contributed by atoms with Crippen molar-refractivity contribution >= 4 is 22.4 Å². The maximum atomic E-state index is 4.81. The van der Waals surface area contributed by atoms with Gasteiger partial charge in [-0.1, -0.05) is 0 Å². The molecule has 1 fully saturated rings. The number of aromatic nitrogens is 5. The zero-order chi connectivity index (χ0) is 24.6. The van der Waals surface area contributed by atoms with Crippen LogP contribution in [0.4, 0.5) is 5.82 Å². The molecule has 0 saturated carbocycles. The predicted molar refractivity (Wildman–Crippen MR) is 140 cm³/mol. The Morgan fingerprint density at radius 1 is 0.944 bits per heavy atom. The van der Waals surface area contributed by atoms with E-state index in [9.17, 15) is 0 Å². The van der Waals surface area contributed by atoms with Gasteiger partial charge in [-0.2, -0.15) is 0 Å². The van der Waals surface area contributed by atoms with E-state index in [1.165, 1.54) is 3.57 Å². The molecule has 1 aliphatic rings. The number of fused-ring (bicyclic) bond motifs is 2. The van der Waals surface area contributed by atoms with E-state index in [0.29, 0.717) is 12.1 Å². The average molecular weight is 588 g/mol. The molecule has 36 heavy (non-hydrogen) atoms. The summed E-state index contributed by atoms with van der Waals surface area (Å²) in [5.74, 6) is 1.01. The third-order valence-electron chi connectivity index (χ3n) is 6.73. The van der Waals surface area contributed by atoms with Crippen LogP contribution in [0.15, 0.2) is 78.0 Å². The van der Waals surface area contributed by atoms with E-state index in [4.69, 9.17) is 9.97 Å². The van der Waals surface area contributed by atoms with Crippen LogP contribution in [0.2, 0.25) is 0 Å². The summed E-state index contributed by atoms with van der Waals surface area (Å²) < 4.78 is 5.18. The van der Waals surface area contributed by atoms with Gasteiger partial charge in [0.05, 0.1) is 0 Å². The summed E-state index contributed by atoms with van der Waals surface area (Å²) in [4.78, 5) is 16.6. The van der Waals surface area contributed by atoms with Crippen molar-refractivity contribution in [2.45, 2.75) is 25.9 Å². The molecule has 0 spiro atoms. The molecule has 1 aromatic carbocycles. The first kappa shape index (κ1) is 23.1. The quantitative estimate of drug-likeness (QED) is 0.315. The predicted octanol–water partition coefficient (Wildman–Crippen LogP) is 1.60. The molecule has 1 N–H and O–H groups in total. The number of rotatable bonds is 5. The fourth-order valence-corrected chi connectivity index (χ4v) is 6.39. The van der Waals surface area contributed by atoms with Gasteiger partial charge in [0.1, 0.15) is 5.82 Å². The van der Waals surface area contributed by atoms with Gasteiger partial charge in [-0.05, 0) is 19.9 Å². The molecule has 7 nitrogen and oxygen atoms in total. The SMILES string of the molecule is C=C[I-]c1ccc2c(-c3cnn4cc(-c5ccc(N6[C@H](C)CNC[C@@H]6C)nc5)cnc34)ccnc2c1. The number of pyridine rings is 2. The van der Waals surface area contributed by atoms with Gasteiger partial charge in [-0.3, -0.25) is 0 Å². The van der Waals surface area contributed by atoms with Crippen molar-refractivity contribution in [2.24, 2.45) is 0 Å². The molecule has 0 bridgehead atoms. The average Bonchev–Trinajstić information content (AvgIpc) is 3.32. The minimum absolute atomic E-state index is 0.182. The molecule has 4 aromatic heterocycles. The van der Waals surface area contributed by atoms with Gasteiger partial charge >= 0.3 is 155 Å². The van der Waals surface area contributed by atoms with Gasteiger partial charge in [0.15, 0.2) is 0 Å². The van der Waals surface area contributed by atoms with E-state index >= 15 is 0 Å². The van der Waals surface area contributed by atoms with Crippen LogP contribution in [0.5, 0.6) is 0 Å². The standard InChI is InChI=1S/C28H27IN7/c1-4-29-22-6-7-24-23(9-10-31-26(24)11-22)25-16-34-35-17-21(15-33-28(25)35)20-5-8-27(32-14-20)36-18(2)12-30-13-19(36)3/h4-11,14-19,30H,1,12-13H2,2-3H3/q-1/t18-,19+. The van der Waals surface area contributed by atoms with E-state index in [-0.39, 0.29) is 21.2 Å². The number of benzene rings is 1. The summed E-state index contributed by atoms with van der Waals surface area (Å²) in [5, 5.41) is 9.22. The number of anilines is 1. The number of nitrogens with zero attached hydrogens (tertiary/aromatic N) is 6. The van der Waals surface area contributed by atoms with Crippen LogP contribution in [0, 0.1) is 3.57 Å². The van der Waals surface area contributed by atoms with E-state index < -0.39 is 0 Å². The van der Waals surface area contributed by atoms with Gasteiger partial charge in [0.2, 0.25) is 0 Å². The Kier molecular flexibility index (Phi) is 6.14. The summed E-state index contributed by atoms with van der Waals surface area (Å²) in [6, 6.07) is 13.6. The monoisotopic (exact) mass is 588 g/mol. The maximum absolute atomic E-state index is 4.81. The molecule has 2 atom stereocenters. The molecule has 8 heteroatoms. The van der Waals surface area contributed by atoms with Gasteiger partial charge in [-0.15, -0.1) is 0 Å². The molecule has 6 rings (SSSR count). The first-order chi connectivity index (χ1) is 17.6.